The highest BCUT2D eigenvalue weighted by Gasteiger charge is 2.19. The van der Waals surface area contributed by atoms with Gasteiger partial charge in [0.2, 0.25) is 6.79 Å². The summed E-state index contributed by atoms with van der Waals surface area (Å²) in [6.07, 6.45) is 3.61. The summed E-state index contributed by atoms with van der Waals surface area (Å²) in [5.74, 6) is 1.69. The van der Waals surface area contributed by atoms with Gasteiger partial charge in [0, 0.05) is 39.3 Å². The minimum absolute atomic E-state index is 0.322. The molecule has 1 aromatic heterocycles. The molecule has 2 aliphatic heterocycles. The van der Waals surface area contributed by atoms with E-state index in [0.717, 1.165) is 55.7 Å². The Morgan fingerprint density at radius 1 is 1.12 bits per heavy atom. The molecule has 3 heterocycles. The Bertz CT molecular complexity index is 838. The molecule has 2 aliphatic rings. The first kappa shape index (κ1) is 17.3. The van der Waals surface area contributed by atoms with Gasteiger partial charge in [0.15, 0.2) is 16.3 Å². The van der Waals surface area contributed by atoms with Gasteiger partial charge in [-0.15, -0.1) is 6.58 Å². The summed E-state index contributed by atoms with van der Waals surface area (Å²) < 4.78 is 15.4. The number of piperazine rings is 1. The fourth-order valence-corrected chi connectivity index (χ4v) is 3.54. The molecule has 26 heavy (non-hydrogen) atoms. The van der Waals surface area contributed by atoms with Crippen LogP contribution < -0.4 is 9.47 Å². The molecule has 0 N–H and O–H groups in total. The van der Waals surface area contributed by atoms with Gasteiger partial charge in [-0.1, -0.05) is 12.1 Å². The van der Waals surface area contributed by atoms with E-state index in [1.165, 1.54) is 5.56 Å². The number of allylic oxidation sites excluding steroid dienone is 1. The number of hydrogen-bond acceptors (Lipinski definition) is 6. The fraction of sp³-hybridized carbons (Fsp3) is 0.444. The molecule has 0 bridgehead atoms. The Hall–Kier alpha value is -2.16. The predicted octanol–water partition coefficient (Wildman–Crippen LogP) is 2.10. The lowest BCUT2D eigenvalue weighted by molar-refractivity contribution is 0.0980. The standard InChI is InChI=1S/C18H23N5O2S/c1-2-5-22-12-19-23(18(22)26)13-21-8-6-20(7-9-21)11-15-3-4-16-17(10-15)25-14-24-16/h2-4,10,12H,1,5-9,11,13-14H2. The van der Waals surface area contributed by atoms with Crippen LogP contribution in [0.25, 0.3) is 0 Å². The Morgan fingerprint density at radius 3 is 2.69 bits per heavy atom. The van der Waals surface area contributed by atoms with Crippen LogP contribution in [0.4, 0.5) is 0 Å². The molecule has 0 amide bonds. The second kappa shape index (κ2) is 7.61. The van der Waals surface area contributed by atoms with Gasteiger partial charge in [0.1, 0.15) is 6.33 Å². The van der Waals surface area contributed by atoms with E-state index in [2.05, 4.69) is 33.6 Å². The van der Waals surface area contributed by atoms with Crippen LogP contribution in [0.3, 0.4) is 0 Å². The molecule has 8 heteroatoms. The number of hydrogen-bond donors (Lipinski definition) is 0. The molecular weight excluding hydrogens is 350 g/mol. The van der Waals surface area contributed by atoms with Crippen molar-refractivity contribution in [1.82, 2.24) is 24.1 Å². The Kier molecular flexibility index (Phi) is 5.05. The molecule has 0 aliphatic carbocycles. The number of aromatic nitrogens is 3. The van der Waals surface area contributed by atoms with Gasteiger partial charge in [-0.3, -0.25) is 9.80 Å². The van der Waals surface area contributed by atoms with Crippen molar-refractivity contribution in [1.29, 1.82) is 0 Å². The van der Waals surface area contributed by atoms with Crippen LogP contribution in [0.5, 0.6) is 11.5 Å². The second-order valence-corrected chi connectivity index (χ2v) is 6.94. The smallest absolute Gasteiger partial charge is 0.231 e. The maximum Gasteiger partial charge on any atom is 0.231 e. The minimum Gasteiger partial charge on any atom is -0.454 e. The first-order chi connectivity index (χ1) is 12.7. The van der Waals surface area contributed by atoms with Crippen molar-refractivity contribution in [3.05, 3.63) is 47.5 Å². The Morgan fingerprint density at radius 2 is 1.88 bits per heavy atom. The molecule has 0 saturated carbocycles. The third-order valence-corrected chi connectivity index (χ3v) is 5.21. The van der Waals surface area contributed by atoms with Crippen molar-refractivity contribution in [2.75, 3.05) is 33.0 Å². The number of benzene rings is 1. The van der Waals surface area contributed by atoms with E-state index < -0.39 is 0 Å². The minimum atomic E-state index is 0.322. The number of rotatable bonds is 6. The van der Waals surface area contributed by atoms with Crippen molar-refractivity contribution in [3.63, 3.8) is 0 Å². The zero-order chi connectivity index (χ0) is 17.9. The van der Waals surface area contributed by atoms with Crippen molar-refractivity contribution >= 4 is 12.2 Å². The van der Waals surface area contributed by atoms with Crippen LogP contribution in [-0.4, -0.2) is 57.1 Å². The van der Waals surface area contributed by atoms with Gasteiger partial charge in [-0.25, -0.2) is 4.68 Å². The predicted molar refractivity (Wildman–Crippen MR) is 101 cm³/mol. The van der Waals surface area contributed by atoms with E-state index >= 15 is 0 Å². The molecule has 0 unspecified atom stereocenters. The summed E-state index contributed by atoms with van der Waals surface area (Å²) in [7, 11) is 0. The van der Waals surface area contributed by atoms with Crippen LogP contribution in [0, 0.1) is 4.77 Å². The maximum atomic E-state index is 5.47. The quantitative estimate of drug-likeness (QED) is 0.571. The largest absolute Gasteiger partial charge is 0.454 e. The van der Waals surface area contributed by atoms with Gasteiger partial charge in [-0.05, 0) is 29.9 Å². The number of ether oxygens (including phenoxy) is 2. The third kappa shape index (κ3) is 3.67. The van der Waals surface area contributed by atoms with E-state index in [1.54, 1.807) is 6.33 Å². The van der Waals surface area contributed by atoms with E-state index in [1.807, 2.05) is 21.4 Å². The Balaban J connectivity index is 1.30. The highest BCUT2D eigenvalue weighted by molar-refractivity contribution is 7.71. The fourth-order valence-electron chi connectivity index (χ4n) is 3.31. The summed E-state index contributed by atoms with van der Waals surface area (Å²) in [6.45, 7) is 10.5. The Labute approximate surface area is 158 Å². The van der Waals surface area contributed by atoms with Crippen LogP contribution >= 0.6 is 12.2 Å². The molecule has 1 fully saturated rings. The molecular formula is C18H23N5O2S. The molecule has 0 spiro atoms. The normalized spacial score (nSPS) is 17.5. The third-order valence-electron chi connectivity index (χ3n) is 4.76. The first-order valence-corrected chi connectivity index (χ1v) is 9.20. The summed E-state index contributed by atoms with van der Waals surface area (Å²) in [4.78, 5) is 4.85. The van der Waals surface area contributed by atoms with E-state index in [4.69, 9.17) is 21.7 Å². The van der Waals surface area contributed by atoms with E-state index in [-0.39, 0.29) is 0 Å². The highest BCUT2D eigenvalue weighted by Crippen LogP contribution is 2.32. The zero-order valence-corrected chi connectivity index (χ0v) is 15.5. The summed E-state index contributed by atoms with van der Waals surface area (Å²) >= 11 is 5.46. The molecule has 4 rings (SSSR count). The molecule has 2 aromatic rings. The lowest BCUT2D eigenvalue weighted by Crippen LogP contribution is -2.46. The zero-order valence-electron chi connectivity index (χ0n) is 14.7. The molecule has 1 aromatic carbocycles. The summed E-state index contributed by atoms with van der Waals surface area (Å²) in [6, 6.07) is 6.20. The topological polar surface area (TPSA) is 47.7 Å². The SMILES string of the molecule is C=CCn1cnn(CN2CCN(Cc3ccc4c(c3)OCO4)CC2)c1=S. The van der Waals surface area contributed by atoms with Crippen LogP contribution in [0.15, 0.2) is 37.2 Å². The second-order valence-electron chi connectivity index (χ2n) is 6.58. The van der Waals surface area contributed by atoms with Crippen molar-refractivity contribution < 1.29 is 9.47 Å². The van der Waals surface area contributed by atoms with Gasteiger partial charge in [0.05, 0.1) is 6.67 Å². The van der Waals surface area contributed by atoms with Crippen molar-refractivity contribution in [2.24, 2.45) is 0 Å². The van der Waals surface area contributed by atoms with Gasteiger partial charge < -0.3 is 14.0 Å². The van der Waals surface area contributed by atoms with Crippen molar-refractivity contribution in [2.45, 2.75) is 19.8 Å². The first-order valence-electron chi connectivity index (χ1n) is 8.79. The van der Waals surface area contributed by atoms with Crippen LogP contribution in [0.1, 0.15) is 5.56 Å². The van der Waals surface area contributed by atoms with Gasteiger partial charge in [-0.2, -0.15) is 5.10 Å². The van der Waals surface area contributed by atoms with Gasteiger partial charge >= 0.3 is 0 Å². The summed E-state index contributed by atoms with van der Waals surface area (Å²) in [5, 5.41) is 4.40. The van der Waals surface area contributed by atoms with Gasteiger partial charge in [0.25, 0.3) is 0 Å². The lowest BCUT2D eigenvalue weighted by atomic mass is 10.1. The number of fused-ring (bicyclic) bond motifs is 1. The van der Waals surface area contributed by atoms with E-state index in [9.17, 15) is 0 Å². The highest BCUT2D eigenvalue weighted by atomic mass is 32.1. The molecule has 1 saturated heterocycles. The maximum absolute atomic E-state index is 5.47. The summed E-state index contributed by atoms with van der Waals surface area (Å²) in [5.41, 5.74) is 1.26. The molecule has 138 valence electrons. The number of nitrogens with zero attached hydrogens (tertiary/aromatic N) is 5. The van der Waals surface area contributed by atoms with Crippen LogP contribution in [0.2, 0.25) is 0 Å². The molecule has 7 nitrogen and oxygen atoms in total. The van der Waals surface area contributed by atoms with Crippen molar-refractivity contribution in [3.8, 4) is 11.5 Å². The monoisotopic (exact) mass is 373 g/mol. The average molecular weight is 373 g/mol. The molecule has 0 atom stereocenters. The van der Waals surface area contributed by atoms with Crippen LogP contribution in [-0.2, 0) is 19.8 Å². The lowest BCUT2D eigenvalue weighted by Gasteiger charge is -2.34. The molecule has 0 radical (unpaired) electrons. The van der Waals surface area contributed by atoms with E-state index in [0.29, 0.717) is 13.3 Å². The average Bonchev–Trinajstić information content (AvgIpc) is 3.25.